The van der Waals surface area contributed by atoms with Crippen LogP contribution in [0.3, 0.4) is 0 Å². The maximum Gasteiger partial charge on any atom is 0.320 e. The molecule has 0 saturated carbocycles. The predicted octanol–water partition coefficient (Wildman–Crippen LogP) is 0.956. The van der Waals surface area contributed by atoms with Crippen LogP contribution in [0.25, 0.3) is 0 Å². The molecule has 5 heteroatoms. The first kappa shape index (κ1) is 13.2. The van der Waals surface area contributed by atoms with Gasteiger partial charge >= 0.3 is 11.9 Å². The minimum absolute atomic E-state index is 0.247. The smallest absolute Gasteiger partial charge is 0.320 e. The number of carboxylic acid groups (broad SMARTS) is 1. The van der Waals surface area contributed by atoms with Gasteiger partial charge in [0.05, 0.1) is 0 Å². The molecule has 0 aromatic heterocycles. The second kappa shape index (κ2) is 6.00. The van der Waals surface area contributed by atoms with Crippen molar-refractivity contribution in [3.63, 3.8) is 0 Å². The molecule has 92 valence electrons. The van der Waals surface area contributed by atoms with Gasteiger partial charge in [-0.05, 0) is 24.1 Å². The Labute approximate surface area is 99.2 Å². The van der Waals surface area contributed by atoms with Crippen molar-refractivity contribution in [1.82, 2.24) is 0 Å². The molecule has 1 rings (SSSR count). The highest BCUT2D eigenvalue weighted by molar-refractivity contribution is 5.73. The molecule has 0 aliphatic heterocycles. The fourth-order valence-corrected chi connectivity index (χ4v) is 1.24. The van der Waals surface area contributed by atoms with Gasteiger partial charge in [0.25, 0.3) is 0 Å². The van der Waals surface area contributed by atoms with Gasteiger partial charge in [-0.25, -0.2) is 0 Å². The molecule has 0 fully saturated rings. The van der Waals surface area contributed by atoms with Gasteiger partial charge in [-0.3, -0.25) is 9.59 Å². The number of carbonyl (C=O) groups excluding carboxylic acids is 1. The van der Waals surface area contributed by atoms with Crippen molar-refractivity contribution < 1.29 is 19.4 Å². The van der Waals surface area contributed by atoms with E-state index in [9.17, 15) is 9.59 Å². The molecule has 0 saturated heterocycles. The van der Waals surface area contributed by atoms with Gasteiger partial charge < -0.3 is 15.6 Å². The molecule has 1 aromatic carbocycles. The lowest BCUT2D eigenvalue weighted by Gasteiger charge is -2.07. The monoisotopic (exact) mass is 237 g/mol. The average Bonchev–Trinajstić information content (AvgIpc) is 2.31. The zero-order valence-electron chi connectivity index (χ0n) is 9.55. The Kier molecular flexibility index (Phi) is 4.66. The summed E-state index contributed by atoms with van der Waals surface area (Å²) in [6.45, 7) is 1.71. The van der Waals surface area contributed by atoms with Crippen molar-refractivity contribution in [1.29, 1.82) is 0 Å². The number of hydrogen-bond acceptors (Lipinski definition) is 4. The van der Waals surface area contributed by atoms with E-state index >= 15 is 0 Å². The molecule has 5 nitrogen and oxygen atoms in total. The van der Waals surface area contributed by atoms with Crippen molar-refractivity contribution in [3.8, 4) is 5.75 Å². The van der Waals surface area contributed by atoms with E-state index in [0.717, 1.165) is 5.56 Å². The zero-order chi connectivity index (χ0) is 12.8. The molecule has 1 aromatic rings. The molecule has 0 aliphatic rings. The molecule has 0 heterocycles. The minimum Gasteiger partial charge on any atom is -0.480 e. The van der Waals surface area contributed by atoms with E-state index in [1.54, 1.807) is 31.2 Å². The lowest BCUT2D eigenvalue weighted by molar-refractivity contribution is -0.138. The van der Waals surface area contributed by atoms with Crippen LogP contribution in [-0.4, -0.2) is 23.1 Å². The first-order chi connectivity index (χ1) is 8.02. The Bertz CT molecular complexity index is 399. The standard InChI is InChI=1S/C12H15NO4/c1-2-11(14)17-9-5-3-8(4-6-9)7-10(13)12(15)16/h3-6,10H,2,7,13H2,1H3,(H,15,16). The molecule has 17 heavy (non-hydrogen) atoms. The molecule has 0 bridgehead atoms. The fraction of sp³-hybridized carbons (Fsp3) is 0.333. The van der Waals surface area contributed by atoms with Crippen LogP contribution in [0.1, 0.15) is 18.9 Å². The first-order valence-corrected chi connectivity index (χ1v) is 5.31. The van der Waals surface area contributed by atoms with E-state index in [1.807, 2.05) is 0 Å². The molecule has 3 N–H and O–H groups in total. The first-order valence-electron chi connectivity index (χ1n) is 5.31. The molecule has 1 unspecified atom stereocenters. The van der Waals surface area contributed by atoms with Crippen molar-refractivity contribution in [2.45, 2.75) is 25.8 Å². The van der Waals surface area contributed by atoms with E-state index in [-0.39, 0.29) is 12.4 Å². The third-order valence-corrected chi connectivity index (χ3v) is 2.22. The molecule has 0 amide bonds. The van der Waals surface area contributed by atoms with E-state index in [2.05, 4.69) is 0 Å². The van der Waals surface area contributed by atoms with E-state index < -0.39 is 12.0 Å². The lowest BCUT2D eigenvalue weighted by atomic mass is 10.1. The summed E-state index contributed by atoms with van der Waals surface area (Å²) in [4.78, 5) is 21.6. The summed E-state index contributed by atoms with van der Waals surface area (Å²) in [5.74, 6) is -0.893. The quantitative estimate of drug-likeness (QED) is 0.588. The van der Waals surface area contributed by atoms with Crippen LogP contribution in [0, 0.1) is 0 Å². The van der Waals surface area contributed by atoms with Crippen LogP contribution >= 0.6 is 0 Å². The summed E-state index contributed by atoms with van der Waals surface area (Å²) in [6, 6.07) is 5.72. The second-order valence-electron chi connectivity index (χ2n) is 3.62. The number of hydrogen-bond donors (Lipinski definition) is 2. The molecular weight excluding hydrogens is 222 g/mol. The number of ether oxygens (including phenoxy) is 1. The number of rotatable bonds is 5. The maximum atomic E-state index is 11.0. The Morgan fingerprint density at radius 2 is 1.94 bits per heavy atom. The van der Waals surface area contributed by atoms with Crippen LogP contribution < -0.4 is 10.5 Å². The largest absolute Gasteiger partial charge is 0.480 e. The summed E-state index contributed by atoms with van der Waals surface area (Å²) in [5.41, 5.74) is 6.19. The number of esters is 1. The molecule has 0 spiro atoms. The highest BCUT2D eigenvalue weighted by atomic mass is 16.5. The van der Waals surface area contributed by atoms with Crippen molar-refractivity contribution in [3.05, 3.63) is 29.8 Å². The van der Waals surface area contributed by atoms with Gasteiger partial charge in [0, 0.05) is 6.42 Å². The SMILES string of the molecule is CCC(=O)Oc1ccc(CC(N)C(=O)O)cc1. The summed E-state index contributed by atoms with van der Waals surface area (Å²) >= 11 is 0. The topological polar surface area (TPSA) is 89.6 Å². The Hall–Kier alpha value is -1.88. The number of carboxylic acids is 1. The Morgan fingerprint density at radius 1 is 1.35 bits per heavy atom. The van der Waals surface area contributed by atoms with Crippen LogP contribution in [0.2, 0.25) is 0 Å². The summed E-state index contributed by atoms with van der Waals surface area (Å²) in [7, 11) is 0. The van der Waals surface area contributed by atoms with Crippen LogP contribution in [0.4, 0.5) is 0 Å². The molecular formula is C12H15NO4. The number of benzene rings is 1. The van der Waals surface area contributed by atoms with E-state index in [4.69, 9.17) is 15.6 Å². The predicted molar refractivity (Wildman–Crippen MR) is 61.7 cm³/mol. The Morgan fingerprint density at radius 3 is 2.41 bits per heavy atom. The van der Waals surface area contributed by atoms with E-state index in [0.29, 0.717) is 12.2 Å². The number of nitrogens with two attached hydrogens (primary N) is 1. The number of carbonyl (C=O) groups is 2. The van der Waals surface area contributed by atoms with Crippen LogP contribution in [0.5, 0.6) is 5.75 Å². The second-order valence-corrected chi connectivity index (χ2v) is 3.62. The summed E-state index contributed by atoms with van der Waals surface area (Å²) in [5, 5.41) is 8.65. The van der Waals surface area contributed by atoms with Gasteiger partial charge in [0.15, 0.2) is 0 Å². The van der Waals surface area contributed by atoms with E-state index in [1.165, 1.54) is 0 Å². The third-order valence-electron chi connectivity index (χ3n) is 2.22. The molecule has 1 atom stereocenters. The highest BCUT2D eigenvalue weighted by Gasteiger charge is 2.12. The van der Waals surface area contributed by atoms with Gasteiger partial charge in [0.2, 0.25) is 0 Å². The van der Waals surface area contributed by atoms with Gasteiger partial charge in [-0.1, -0.05) is 19.1 Å². The summed E-state index contributed by atoms with van der Waals surface area (Å²) in [6.07, 6.45) is 0.559. The van der Waals surface area contributed by atoms with Gasteiger partial charge in [-0.2, -0.15) is 0 Å². The third kappa shape index (κ3) is 4.24. The highest BCUT2D eigenvalue weighted by Crippen LogP contribution is 2.13. The van der Waals surface area contributed by atoms with Crippen LogP contribution in [-0.2, 0) is 16.0 Å². The van der Waals surface area contributed by atoms with Gasteiger partial charge in [-0.15, -0.1) is 0 Å². The Balaban J connectivity index is 2.62. The van der Waals surface area contributed by atoms with Crippen molar-refractivity contribution in [2.24, 2.45) is 5.73 Å². The molecule has 0 aliphatic carbocycles. The fourth-order valence-electron chi connectivity index (χ4n) is 1.24. The maximum absolute atomic E-state index is 11.0. The molecule has 0 radical (unpaired) electrons. The van der Waals surface area contributed by atoms with Gasteiger partial charge in [0.1, 0.15) is 11.8 Å². The normalized spacial score (nSPS) is 11.9. The zero-order valence-corrected chi connectivity index (χ0v) is 9.55. The average molecular weight is 237 g/mol. The summed E-state index contributed by atoms with van der Waals surface area (Å²) < 4.78 is 4.98. The van der Waals surface area contributed by atoms with Crippen molar-refractivity contribution >= 4 is 11.9 Å². The van der Waals surface area contributed by atoms with Crippen molar-refractivity contribution in [2.75, 3.05) is 0 Å². The number of aliphatic carboxylic acids is 1. The minimum atomic E-state index is -1.04. The van der Waals surface area contributed by atoms with Crippen LogP contribution in [0.15, 0.2) is 24.3 Å². The lowest BCUT2D eigenvalue weighted by Crippen LogP contribution is -2.32.